The van der Waals surface area contributed by atoms with E-state index in [4.69, 9.17) is 5.84 Å². The number of nitrogens with two attached hydrogens (primary N) is 1. The van der Waals surface area contributed by atoms with Gasteiger partial charge in [-0.2, -0.15) is 0 Å². The van der Waals surface area contributed by atoms with Gasteiger partial charge >= 0.3 is 0 Å². The zero-order valence-electron chi connectivity index (χ0n) is 9.52. The smallest absolute Gasteiger partial charge is 0.276 e. The van der Waals surface area contributed by atoms with E-state index in [1.807, 2.05) is 0 Å². The molecule has 1 amide bonds. The normalized spacial score (nSPS) is 10.1. The van der Waals surface area contributed by atoms with Crippen LogP contribution in [0.5, 0.6) is 0 Å². The second-order valence-electron chi connectivity index (χ2n) is 3.56. The summed E-state index contributed by atoms with van der Waals surface area (Å²) in [6, 6.07) is 5.49. The average Bonchev–Trinajstić information content (AvgIpc) is 2.37. The molecule has 0 aliphatic heterocycles. The lowest BCUT2D eigenvalue weighted by molar-refractivity contribution is 0.102. The van der Waals surface area contributed by atoms with Crippen LogP contribution in [0.1, 0.15) is 10.5 Å². The van der Waals surface area contributed by atoms with Crippen molar-refractivity contribution >= 4 is 17.4 Å². The maximum Gasteiger partial charge on any atom is 0.276 e. The van der Waals surface area contributed by atoms with Crippen molar-refractivity contribution in [3.05, 3.63) is 47.7 Å². The molecule has 0 atom stereocenters. The Hall–Kier alpha value is -2.61. The van der Waals surface area contributed by atoms with Crippen LogP contribution in [-0.4, -0.2) is 16.1 Å². The summed E-state index contributed by atoms with van der Waals surface area (Å²) in [5.74, 6) is 3.17. The van der Waals surface area contributed by atoms with Crippen LogP contribution in [0.25, 0.3) is 0 Å². The first-order valence-corrected chi connectivity index (χ1v) is 5.16. The molecule has 4 N–H and O–H groups in total. The standard InChI is InChI=1S/C11H9F2N5O/c12-6-3-7(13)5-8(4-6)15-11(19)9-1-2-10(16-14)18-17-9/h1-5H,14H2,(H,15,19)(H,16,18). The SMILES string of the molecule is NNc1ccc(C(=O)Nc2cc(F)cc(F)c2)nn1. The first kappa shape index (κ1) is 12.8. The molecule has 8 heteroatoms. The third-order valence-electron chi connectivity index (χ3n) is 2.17. The zero-order chi connectivity index (χ0) is 13.8. The van der Waals surface area contributed by atoms with Gasteiger partial charge in [-0.1, -0.05) is 0 Å². The Labute approximate surface area is 106 Å². The molecule has 1 heterocycles. The lowest BCUT2D eigenvalue weighted by Gasteiger charge is -2.05. The lowest BCUT2D eigenvalue weighted by atomic mass is 10.3. The number of rotatable bonds is 3. The number of benzene rings is 1. The first-order chi connectivity index (χ1) is 9.08. The fourth-order valence-corrected chi connectivity index (χ4v) is 1.35. The van der Waals surface area contributed by atoms with Crippen LogP contribution in [0, 0.1) is 11.6 Å². The minimum absolute atomic E-state index is 0.00896. The van der Waals surface area contributed by atoms with Crippen LogP contribution < -0.4 is 16.6 Å². The molecule has 0 aliphatic rings. The average molecular weight is 265 g/mol. The molecule has 0 radical (unpaired) electrons. The number of hydrogen-bond acceptors (Lipinski definition) is 5. The largest absolute Gasteiger partial charge is 0.320 e. The van der Waals surface area contributed by atoms with Crippen molar-refractivity contribution in [2.24, 2.45) is 5.84 Å². The number of hydrogen-bond donors (Lipinski definition) is 3. The van der Waals surface area contributed by atoms with Gasteiger partial charge in [-0.25, -0.2) is 14.6 Å². The molecule has 6 nitrogen and oxygen atoms in total. The van der Waals surface area contributed by atoms with Crippen LogP contribution in [0.3, 0.4) is 0 Å². The number of carbonyl (C=O) groups is 1. The van der Waals surface area contributed by atoms with Gasteiger partial charge in [0.15, 0.2) is 11.5 Å². The summed E-state index contributed by atoms with van der Waals surface area (Å²) in [5.41, 5.74) is 2.23. The van der Waals surface area contributed by atoms with E-state index in [0.717, 1.165) is 12.1 Å². The van der Waals surface area contributed by atoms with E-state index in [1.165, 1.54) is 12.1 Å². The predicted octanol–water partition coefficient (Wildman–Crippen LogP) is 1.29. The second-order valence-corrected chi connectivity index (χ2v) is 3.56. The third-order valence-corrected chi connectivity index (χ3v) is 2.17. The van der Waals surface area contributed by atoms with Crippen LogP contribution in [0.15, 0.2) is 30.3 Å². The third kappa shape index (κ3) is 3.19. The van der Waals surface area contributed by atoms with E-state index in [9.17, 15) is 13.6 Å². The molecule has 2 rings (SSSR count). The van der Waals surface area contributed by atoms with Crippen molar-refractivity contribution in [2.45, 2.75) is 0 Å². The second kappa shape index (κ2) is 5.36. The summed E-state index contributed by atoms with van der Waals surface area (Å²) in [6.45, 7) is 0. The van der Waals surface area contributed by atoms with Gasteiger partial charge in [0.05, 0.1) is 0 Å². The van der Waals surface area contributed by atoms with E-state index >= 15 is 0 Å². The summed E-state index contributed by atoms with van der Waals surface area (Å²) < 4.78 is 25.9. The highest BCUT2D eigenvalue weighted by Gasteiger charge is 2.10. The molecular formula is C11H9F2N5O. The summed E-state index contributed by atoms with van der Waals surface area (Å²) in [6.07, 6.45) is 0. The van der Waals surface area contributed by atoms with Gasteiger partial charge in [0, 0.05) is 11.8 Å². The molecule has 1 aromatic carbocycles. The van der Waals surface area contributed by atoms with Gasteiger partial charge < -0.3 is 10.7 Å². The van der Waals surface area contributed by atoms with Crippen molar-refractivity contribution in [1.82, 2.24) is 10.2 Å². The summed E-state index contributed by atoms with van der Waals surface area (Å²) in [4.78, 5) is 11.7. The van der Waals surface area contributed by atoms with E-state index in [0.29, 0.717) is 6.07 Å². The van der Waals surface area contributed by atoms with Crippen LogP contribution in [0.2, 0.25) is 0 Å². The molecule has 0 bridgehead atoms. The molecule has 0 spiro atoms. The van der Waals surface area contributed by atoms with E-state index in [2.05, 4.69) is 20.9 Å². The number of carbonyl (C=O) groups excluding carboxylic acids is 1. The molecule has 2 aromatic rings. The molecular weight excluding hydrogens is 256 g/mol. The number of anilines is 2. The molecule has 0 fully saturated rings. The minimum Gasteiger partial charge on any atom is -0.320 e. The Bertz CT molecular complexity index is 582. The quantitative estimate of drug-likeness (QED) is 0.574. The number of nitrogens with one attached hydrogen (secondary N) is 2. The van der Waals surface area contributed by atoms with Crippen molar-refractivity contribution in [3.63, 3.8) is 0 Å². The Morgan fingerprint density at radius 1 is 1.11 bits per heavy atom. The Balaban J connectivity index is 2.15. The Morgan fingerprint density at radius 3 is 2.32 bits per heavy atom. The number of aromatic nitrogens is 2. The number of halogens is 2. The molecule has 1 aromatic heterocycles. The van der Waals surface area contributed by atoms with E-state index in [-0.39, 0.29) is 17.2 Å². The maximum absolute atomic E-state index is 12.9. The molecule has 0 saturated heterocycles. The summed E-state index contributed by atoms with van der Waals surface area (Å²) >= 11 is 0. The number of nitrogen functional groups attached to an aromatic ring is 1. The summed E-state index contributed by atoms with van der Waals surface area (Å²) in [5, 5.41) is 9.50. The fourth-order valence-electron chi connectivity index (χ4n) is 1.35. The Morgan fingerprint density at radius 2 is 1.79 bits per heavy atom. The van der Waals surface area contributed by atoms with Gasteiger partial charge in [-0.3, -0.25) is 4.79 Å². The van der Waals surface area contributed by atoms with Gasteiger partial charge in [0.25, 0.3) is 5.91 Å². The van der Waals surface area contributed by atoms with E-state index < -0.39 is 17.5 Å². The lowest BCUT2D eigenvalue weighted by Crippen LogP contribution is -2.16. The van der Waals surface area contributed by atoms with Crippen molar-refractivity contribution < 1.29 is 13.6 Å². The van der Waals surface area contributed by atoms with E-state index in [1.54, 1.807) is 0 Å². The van der Waals surface area contributed by atoms with Crippen LogP contribution in [0.4, 0.5) is 20.3 Å². The topological polar surface area (TPSA) is 92.9 Å². The van der Waals surface area contributed by atoms with Gasteiger partial charge in [-0.15, -0.1) is 10.2 Å². The van der Waals surface area contributed by atoms with Crippen molar-refractivity contribution in [3.8, 4) is 0 Å². The van der Waals surface area contributed by atoms with Gasteiger partial charge in [0.2, 0.25) is 0 Å². The maximum atomic E-state index is 12.9. The van der Waals surface area contributed by atoms with Crippen LogP contribution in [-0.2, 0) is 0 Å². The predicted molar refractivity (Wildman–Crippen MR) is 64.2 cm³/mol. The molecule has 0 unspecified atom stereocenters. The molecule has 19 heavy (non-hydrogen) atoms. The van der Waals surface area contributed by atoms with Crippen LogP contribution >= 0.6 is 0 Å². The molecule has 98 valence electrons. The highest BCUT2D eigenvalue weighted by Crippen LogP contribution is 2.13. The minimum atomic E-state index is -0.788. The number of nitrogens with zero attached hydrogens (tertiary/aromatic N) is 2. The van der Waals surface area contributed by atoms with Crippen molar-refractivity contribution in [2.75, 3.05) is 10.7 Å². The van der Waals surface area contributed by atoms with Gasteiger partial charge in [0.1, 0.15) is 11.6 Å². The Kier molecular flexibility index (Phi) is 3.62. The number of amides is 1. The highest BCUT2D eigenvalue weighted by molar-refractivity contribution is 6.02. The molecule has 0 aliphatic carbocycles. The fraction of sp³-hybridized carbons (Fsp3) is 0. The van der Waals surface area contributed by atoms with Gasteiger partial charge in [-0.05, 0) is 24.3 Å². The first-order valence-electron chi connectivity index (χ1n) is 5.16. The molecule has 0 saturated carbocycles. The highest BCUT2D eigenvalue weighted by atomic mass is 19.1. The monoisotopic (exact) mass is 265 g/mol. The zero-order valence-corrected chi connectivity index (χ0v) is 9.52. The summed E-state index contributed by atoms with van der Waals surface area (Å²) in [7, 11) is 0. The number of hydrazine groups is 1. The van der Waals surface area contributed by atoms with Crippen molar-refractivity contribution in [1.29, 1.82) is 0 Å².